The van der Waals surface area contributed by atoms with E-state index in [2.05, 4.69) is 27.7 Å². The van der Waals surface area contributed by atoms with Crippen molar-refractivity contribution in [1.82, 2.24) is 9.97 Å². The molecule has 0 atom stereocenters. The summed E-state index contributed by atoms with van der Waals surface area (Å²) in [5.41, 5.74) is 4.33. The quantitative estimate of drug-likeness (QED) is 0.637. The third kappa shape index (κ3) is 3.20. The van der Waals surface area contributed by atoms with E-state index in [0.29, 0.717) is 0 Å². The maximum atomic E-state index is 5.33. The van der Waals surface area contributed by atoms with Crippen LogP contribution in [0.1, 0.15) is 16.7 Å². The molecule has 3 rings (SSSR count). The number of rotatable bonds is 1. The van der Waals surface area contributed by atoms with E-state index in [1.54, 1.807) is 12.4 Å². The minimum atomic E-state index is 0.838. The van der Waals surface area contributed by atoms with Gasteiger partial charge in [0, 0.05) is 29.1 Å². The summed E-state index contributed by atoms with van der Waals surface area (Å²) in [5, 5.41) is 0. The number of hydrogen-bond donors (Lipinski definition) is 0. The molecule has 2 heterocycles. The zero-order valence-corrected chi connectivity index (χ0v) is 11.8. The molecule has 0 aliphatic rings. The van der Waals surface area contributed by atoms with Crippen molar-refractivity contribution in [2.45, 2.75) is 0 Å². The summed E-state index contributed by atoms with van der Waals surface area (Å²) in [6, 6.07) is 17.2. The Kier molecular flexibility index (Phi) is 3.96. The molecule has 0 radical (unpaired) electrons. The van der Waals surface area contributed by atoms with Crippen molar-refractivity contribution in [3.63, 3.8) is 0 Å². The molecule has 0 amide bonds. The average Bonchev–Trinajstić information content (AvgIpc) is 2.61. The number of pyridine rings is 2. The van der Waals surface area contributed by atoms with Crippen molar-refractivity contribution in [3.8, 4) is 35.6 Å². The Morgan fingerprint density at radius 1 is 0.682 bits per heavy atom. The van der Waals surface area contributed by atoms with E-state index in [9.17, 15) is 0 Å². The fraction of sp³-hybridized carbons (Fsp3) is 0. The number of terminal acetylenes is 1. The van der Waals surface area contributed by atoms with Crippen LogP contribution in [0, 0.1) is 24.2 Å². The molecule has 0 bridgehead atoms. The largest absolute Gasteiger partial charge is 0.255 e. The molecule has 0 unspecified atom stereocenters. The lowest BCUT2D eigenvalue weighted by molar-refractivity contribution is 1.24. The highest BCUT2D eigenvalue weighted by molar-refractivity contribution is 5.55. The molecule has 0 aliphatic heterocycles. The van der Waals surface area contributed by atoms with Crippen LogP contribution >= 0.6 is 0 Å². The molecule has 0 N–H and O–H groups in total. The second-order valence-corrected chi connectivity index (χ2v) is 4.62. The first kappa shape index (κ1) is 13.6. The topological polar surface area (TPSA) is 25.8 Å². The normalized spacial score (nSPS) is 9.41. The molecule has 3 aromatic rings. The predicted octanol–water partition coefficient (Wildman–Crippen LogP) is 3.52. The second-order valence-electron chi connectivity index (χ2n) is 4.62. The Bertz CT molecular complexity index is 859. The Morgan fingerprint density at radius 2 is 1.36 bits per heavy atom. The molecule has 0 saturated heterocycles. The van der Waals surface area contributed by atoms with Crippen LogP contribution in [0.2, 0.25) is 0 Å². The maximum absolute atomic E-state index is 5.33. The van der Waals surface area contributed by atoms with Crippen LogP contribution in [0.3, 0.4) is 0 Å². The molecule has 1 aromatic carbocycles. The van der Waals surface area contributed by atoms with Crippen LogP contribution in [0.15, 0.2) is 67.0 Å². The van der Waals surface area contributed by atoms with Crippen LogP contribution in [-0.4, -0.2) is 9.97 Å². The van der Waals surface area contributed by atoms with Crippen molar-refractivity contribution < 1.29 is 0 Å². The zero-order chi connectivity index (χ0) is 15.2. The van der Waals surface area contributed by atoms with Gasteiger partial charge in [0.15, 0.2) is 0 Å². The highest BCUT2D eigenvalue weighted by Gasteiger charge is 1.98. The van der Waals surface area contributed by atoms with Crippen LogP contribution in [0.5, 0.6) is 0 Å². The summed E-state index contributed by atoms with van der Waals surface area (Å²) in [5.74, 6) is 8.78. The molecule has 22 heavy (non-hydrogen) atoms. The molecule has 0 aliphatic carbocycles. The van der Waals surface area contributed by atoms with E-state index in [-0.39, 0.29) is 0 Å². The molecule has 2 nitrogen and oxygen atoms in total. The molecule has 2 heteroatoms. The molecule has 102 valence electrons. The summed E-state index contributed by atoms with van der Waals surface area (Å²) in [7, 11) is 0. The monoisotopic (exact) mass is 280 g/mol. The van der Waals surface area contributed by atoms with E-state index in [4.69, 9.17) is 6.42 Å². The van der Waals surface area contributed by atoms with E-state index in [0.717, 1.165) is 28.1 Å². The van der Waals surface area contributed by atoms with E-state index >= 15 is 0 Å². The van der Waals surface area contributed by atoms with E-state index < -0.39 is 0 Å². The smallest absolute Gasteiger partial charge is 0.0887 e. The van der Waals surface area contributed by atoms with Crippen LogP contribution < -0.4 is 0 Å². The summed E-state index contributed by atoms with van der Waals surface area (Å²) in [6.07, 6.45) is 8.84. The van der Waals surface area contributed by atoms with E-state index in [1.165, 1.54) is 0 Å². The first-order valence-electron chi connectivity index (χ1n) is 6.81. The van der Waals surface area contributed by atoms with Gasteiger partial charge in [-0.2, -0.15) is 0 Å². The lowest BCUT2D eigenvalue weighted by Crippen LogP contribution is -1.87. The van der Waals surface area contributed by atoms with Gasteiger partial charge in [0.25, 0.3) is 0 Å². The zero-order valence-electron chi connectivity index (χ0n) is 11.8. The fourth-order valence-electron chi connectivity index (χ4n) is 1.93. The minimum Gasteiger partial charge on any atom is -0.255 e. The van der Waals surface area contributed by atoms with Crippen LogP contribution in [0.4, 0.5) is 0 Å². The van der Waals surface area contributed by atoms with Gasteiger partial charge in [-0.15, -0.1) is 6.42 Å². The van der Waals surface area contributed by atoms with Crippen molar-refractivity contribution >= 4 is 0 Å². The Morgan fingerprint density at radius 3 is 2.00 bits per heavy atom. The van der Waals surface area contributed by atoms with Crippen molar-refractivity contribution in [1.29, 1.82) is 0 Å². The van der Waals surface area contributed by atoms with Gasteiger partial charge in [-0.1, -0.05) is 23.8 Å². The first-order valence-corrected chi connectivity index (χ1v) is 6.81. The Labute approximate surface area is 129 Å². The average molecular weight is 280 g/mol. The van der Waals surface area contributed by atoms with Crippen molar-refractivity contribution in [2.24, 2.45) is 0 Å². The number of benzene rings is 1. The lowest BCUT2D eigenvalue weighted by atomic mass is 10.1. The number of hydrogen-bond acceptors (Lipinski definition) is 2. The minimum absolute atomic E-state index is 0.838. The van der Waals surface area contributed by atoms with Gasteiger partial charge in [0.05, 0.1) is 11.4 Å². The number of nitrogens with zero attached hydrogens (tertiary/aromatic N) is 2. The molecular formula is C20H12N2. The first-order chi connectivity index (χ1) is 10.8. The Hall–Kier alpha value is -3.36. The molecular weight excluding hydrogens is 268 g/mol. The van der Waals surface area contributed by atoms with Gasteiger partial charge in [-0.3, -0.25) is 9.97 Å². The molecule has 2 aromatic heterocycles. The highest BCUT2D eigenvalue weighted by atomic mass is 14.8. The molecule has 0 fully saturated rings. The number of aromatic nitrogens is 2. The summed E-state index contributed by atoms with van der Waals surface area (Å²) >= 11 is 0. The lowest BCUT2D eigenvalue weighted by Gasteiger charge is -1.98. The standard InChI is InChI=1S/C20H12N2/c1-2-16-6-8-17(9-7-16)10-11-18-12-13-20(22-15-18)19-5-3-4-14-21-19/h1,3-9,12-15H. The van der Waals surface area contributed by atoms with Gasteiger partial charge in [-0.05, 0) is 48.5 Å². The third-order valence-corrected chi connectivity index (χ3v) is 3.09. The maximum Gasteiger partial charge on any atom is 0.0887 e. The van der Waals surface area contributed by atoms with Gasteiger partial charge >= 0.3 is 0 Å². The SMILES string of the molecule is C#Cc1ccc(C#Cc2ccc(-c3ccccn3)nc2)cc1. The van der Waals surface area contributed by atoms with Crippen LogP contribution in [-0.2, 0) is 0 Å². The Balaban J connectivity index is 1.79. The highest BCUT2D eigenvalue weighted by Crippen LogP contribution is 2.13. The summed E-state index contributed by atoms with van der Waals surface area (Å²) in [6.45, 7) is 0. The van der Waals surface area contributed by atoms with Gasteiger partial charge in [0.2, 0.25) is 0 Å². The summed E-state index contributed by atoms with van der Waals surface area (Å²) < 4.78 is 0. The second kappa shape index (κ2) is 6.39. The van der Waals surface area contributed by atoms with Gasteiger partial charge < -0.3 is 0 Å². The van der Waals surface area contributed by atoms with Crippen molar-refractivity contribution in [2.75, 3.05) is 0 Å². The third-order valence-electron chi connectivity index (χ3n) is 3.09. The van der Waals surface area contributed by atoms with Crippen molar-refractivity contribution in [3.05, 3.63) is 83.7 Å². The summed E-state index contributed by atoms with van der Waals surface area (Å²) in [4.78, 5) is 8.67. The fourth-order valence-corrected chi connectivity index (χ4v) is 1.93. The molecule has 0 saturated carbocycles. The van der Waals surface area contributed by atoms with E-state index in [1.807, 2.05) is 54.6 Å². The van der Waals surface area contributed by atoms with Gasteiger partial charge in [0.1, 0.15) is 0 Å². The molecule has 0 spiro atoms. The van der Waals surface area contributed by atoms with Crippen LogP contribution in [0.25, 0.3) is 11.4 Å². The van der Waals surface area contributed by atoms with Gasteiger partial charge in [-0.25, -0.2) is 0 Å². The predicted molar refractivity (Wildman–Crippen MR) is 87.8 cm³/mol.